The maximum atomic E-state index is 5.52. The van der Waals surface area contributed by atoms with Gasteiger partial charge in [0, 0.05) is 12.1 Å². The molecule has 110 valence electrons. The van der Waals surface area contributed by atoms with Gasteiger partial charge >= 0.3 is 0 Å². The highest BCUT2D eigenvalue weighted by atomic mass is 16.5. The average molecular weight is 285 g/mol. The van der Waals surface area contributed by atoms with E-state index in [-0.39, 0.29) is 6.04 Å². The maximum Gasteiger partial charge on any atom is 0.126 e. The van der Waals surface area contributed by atoms with E-state index in [2.05, 4.69) is 15.3 Å². The Balaban J connectivity index is 1.96. The number of ether oxygens (including phenoxy) is 2. The topological polar surface area (TPSA) is 56.3 Å². The summed E-state index contributed by atoms with van der Waals surface area (Å²) >= 11 is 0. The number of methoxy groups -OCH3 is 1. The van der Waals surface area contributed by atoms with Crippen molar-refractivity contribution in [3.63, 3.8) is 0 Å². The molecule has 1 aromatic heterocycles. The number of aryl methyl sites for hydroxylation is 1. The van der Waals surface area contributed by atoms with E-state index in [0.717, 1.165) is 41.7 Å². The van der Waals surface area contributed by atoms with Gasteiger partial charge in [0.25, 0.3) is 0 Å². The first kappa shape index (κ1) is 14.0. The number of aromatic nitrogens is 2. The van der Waals surface area contributed by atoms with Crippen LogP contribution in [0, 0.1) is 6.92 Å². The summed E-state index contributed by atoms with van der Waals surface area (Å²) in [6.07, 6.45) is 0. The first-order valence-corrected chi connectivity index (χ1v) is 7.07. The van der Waals surface area contributed by atoms with E-state index >= 15 is 0 Å². The molecule has 1 atom stereocenters. The van der Waals surface area contributed by atoms with Gasteiger partial charge in [-0.05, 0) is 25.1 Å². The van der Waals surface area contributed by atoms with E-state index in [9.17, 15) is 0 Å². The van der Waals surface area contributed by atoms with Crippen molar-refractivity contribution < 1.29 is 9.47 Å². The molecule has 5 nitrogen and oxygen atoms in total. The van der Waals surface area contributed by atoms with Gasteiger partial charge in [0.2, 0.25) is 0 Å². The van der Waals surface area contributed by atoms with Crippen LogP contribution >= 0.6 is 0 Å². The standard InChI is InChI=1S/C16H19N3O2/c1-11-18-14(12-4-3-5-13(8-12)20-2)9-15(19-11)16-10-21-7-6-17-16/h3-5,8-9,16-17H,6-7,10H2,1-2H3/t16-/m1/s1. The Morgan fingerprint density at radius 3 is 2.95 bits per heavy atom. The third-order valence-electron chi connectivity index (χ3n) is 3.50. The molecule has 5 heteroatoms. The van der Waals surface area contributed by atoms with Gasteiger partial charge in [-0.15, -0.1) is 0 Å². The van der Waals surface area contributed by atoms with Crippen molar-refractivity contribution in [3.8, 4) is 17.0 Å². The van der Waals surface area contributed by atoms with Gasteiger partial charge in [-0.2, -0.15) is 0 Å². The molecule has 1 aliphatic heterocycles. The lowest BCUT2D eigenvalue weighted by molar-refractivity contribution is 0.0755. The van der Waals surface area contributed by atoms with E-state index in [1.165, 1.54) is 0 Å². The van der Waals surface area contributed by atoms with Crippen LogP contribution in [0.4, 0.5) is 0 Å². The summed E-state index contributed by atoms with van der Waals surface area (Å²) in [4.78, 5) is 9.08. The third kappa shape index (κ3) is 3.20. The Bertz CT molecular complexity index is 625. The van der Waals surface area contributed by atoms with Crippen molar-refractivity contribution in [1.29, 1.82) is 0 Å². The summed E-state index contributed by atoms with van der Waals surface area (Å²) in [5.41, 5.74) is 2.90. The van der Waals surface area contributed by atoms with Crippen LogP contribution in [0.5, 0.6) is 5.75 Å². The second-order valence-corrected chi connectivity index (χ2v) is 5.04. The predicted molar refractivity (Wildman–Crippen MR) is 80.3 cm³/mol. The van der Waals surface area contributed by atoms with Gasteiger partial charge in [0.15, 0.2) is 0 Å². The van der Waals surface area contributed by atoms with E-state index < -0.39 is 0 Å². The van der Waals surface area contributed by atoms with Gasteiger partial charge in [0.1, 0.15) is 11.6 Å². The van der Waals surface area contributed by atoms with Crippen molar-refractivity contribution in [2.75, 3.05) is 26.9 Å². The Hall–Kier alpha value is -1.98. The van der Waals surface area contributed by atoms with Gasteiger partial charge in [-0.25, -0.2) is 9.97 Å². The van der Waals surface area contributed by atoms with Gasteiger partial charge in [0.05, 0.1) is 37.8 Å². The lowest BCUT2D eigenvalue weighted by Crippen LogP contribution is -2.35. The fourth-order valence-corrected chi connectivity index (χ4v) is 2.45. The number of hydrogen-bond donors (Lipinski definition) is 1. The second-order valence-electron chi connectivity index (χ2n) is 5.04. The SMILES string of the molecule is COc1cccc(-c2cc([C@H]3COCCN3)nc(C)n2)c1. The number of nitrogens with one attached hydrogen (secondary N) is 1. The maximum absolute atomic E-state index is 5.52. The Morgan fingerprint density at radius 2 is 2.19 bits per heavy atom. The molecule has 0 saturated carbocycles. The molecule has 0 bridgehead atoms. The van der Waals surface area contributed by atoms with Crippen LogP contribution in [-0.2, 0) is 4.74 Å². The lowest BCUT2D eigenvalue weighted by Gasteiger charge is -2.23. The minimum atomic E-state index is 0.129. The first-order chi connectivity index (χ1) is 10.3. The van der Waals surface area contributed by atoms with E-state index in [4.69, 9.17) is 9.47 Å². The number of nitrogens with zero attached hydrogens (tertiary/aromatic N) is 2. The molecule has 1 fully saturated rings. The number of hydrogen-bond acceptors (Lipinski definition) is 5. The summed E-state index contributed by atoms with van der Waals surface area (Å²) in [6, 6.07) is 10.1. The molecule has 0 radical (unpaired) electrons. The van der Waals surface area contributed by atoms with Crippen LogP contribution in [0.2, 0.25) is 0 Å². The second kappa shape index (κ2) is 6.20. The molecular weight excluding hydrogens is 266 g/mol. The summed E-state index contributed by atoms with van der Waals surface area (Å²) < 4.78 is 10.8. The zero-order valence-corrected chi connectivity index (χ0v) is 12.3. The lowest BCUT2D eigenvalue weighted by atomic mass is 10.1. The van der Waals surface area contributed by atoms with Crippen LogP contribution in [0.25, 0.3) is 11.3 Å². The molecule has 2 aromatic rings. The highest BCUT2D eigenvalue weighted by Gasteiger charge is 2.18. The van der Waals surface area contributed by atoms with Crippen molar-refractivity contribution in [2.24, 2.45) is 0 Å². The molecule has 2 heterocycles. The smallest absolute Gasteiger partial charge is 0.126 e. The molecule has 0 unspecified atom stereocenters. The summed E-state index contributed by atoms with van der Waals surface area (Å²) in [6.45, 7) is 4.16. The Labute approximate surface area is 124 Å². The van der Waals surface area contributed by atoms with E-state index in [1.807, 2.05) is 37.3 Å². The van der Waals surface area contributed by atoms with E-state index in [1.54, 1.807) is 7.11 Å². The predicted octanol–water partition coefficient (Wildman–Crippen LogP) is 2.12. The van der Waals surface area contributed by atoms with Crippen LogP contribution in [0.3, 0.4) is 0 Å². The highest BCUT2D eigenvalue weighted by molar-refractivity contribution is 5.61. The summed E-state index contributed by atoms with van der Waals surface area (Å²) in [5, 5.41) is 3.42. The van der Waals surface area contributed by atoms with Crippen LogP contribution in [-0.4, -0.2) is 36.8 Å². The first-order valence-electron chi connectivity index (χ1n) is 7.07. The summed E-state index contributed by atoms with van der Waals surface area (Å²) in [7, 11) is 1.67. The number of rotatable bonds is 3. The molecule has 0 aliphatic carbocycles. The Kier molecular flexibility index (Phi) is 4.13. The van der Waals surface area contributed by atoms with Crippen molar-refractivity contribution in [3.05, 3.63) is 41.9 Å². The van der Waals surface area contributed by atoms with Crippen LogP contribution in [0.15, 0.2) is 30.3 Å². The number of morpholine rings is 1. The number of benzene rings is 1. The molecule has 1 N–H and O–H groups in total. The zero-order chi connectivity index (χ0) is 14.7. The van der Waals surface area contributed by atoms with Gasteiger partial charge in [-0.1, -0.05) is 12.1 Å². The van der Waals surface area contributed by atoms with Crippen LogP contribution in [0.1, 0.15) is 17.6 Å². The highest BCUT2D eigenvalue weighted by Crippen LogP contribution is 2.24. The minimum absolute atomic E-state index is 0.129. The minimum Gasteiger partial charge on any atom is -0.497 e. The molecule has 0 spiro atoms. The van der Waals surface area contributed by atoms with Gasteiger partial charge in [-0.3, -0.25) is 0 Å². The molecule has 21 heavy (non-hydrogen) atoms. The quantitative estimate of drug-likeness (QED) is 0.936. The molecular formula is C16H19N3O2. The van der Waals surface area contributed by atoms with Crippen molar-refractivity contribution in [1.82, 2.24) is 15.3 Å². The largest absolute Gasteiger partial charge is 0.497 e. The normalized spacial score (nSPS) is 18.5. The fourth-order valence-electron chi connectivity index (χ4n) is 2.45. The summed E-state index contributed by atoms with van der Waals surface area (Å²) in [5.74, 6) is 1.59. The molecule has 1 aliphatic rings. The fraction of sp³-hybridized carbons (Fsp3) is 0.375. The van der Waals surface area contributed by atoms with E-state index in [0.29, 0.717) is 6.61 Å². The van der Waals surface area contributed by atoms with Crippen molar-refractivity contribution >= 4 is 0 Å². The average Bonchev–Trinajstić information content (AvgIpc) is 2.55. The zero-order valence-electron chi connectivity index (χ0n) is 12.3. The third-order valence-corrected chi connectivity index (χ3v) is 3.50. The molecule has 0 amide bonds. The monoisotopic (exact) mass is 285 g/mol. The molecule has 1 aromatic carbocycles. The van der Waals surface area contributed by atoms with Crippen molar-refractivity contribution in [2.45, 2.75) is 13.0 Å². The van der Waals surface area contributed by atoms with Gasteiger partial charge < -0.3 is 14.8 Å². The van der Waals surface area contributed by atoms with Crippen LogP contribution < -0.4 is 10.1 Å². The molecule has 3 rings (SSSR count). The Morgan fingerprint density at radius 1 is 1.29 bits per heavy atom. The molecule has 1 saturated heterocycles.